The molecule has 3 rings (SSSR count). The summed E-state index contributed by atoms with van der Waals surface area (Å²) in [5.41, 5.74) is 0.164. The lowest BCUT2D eigenvalue weighted by Gasteiger charge is -2.16. The van der Waals surface area contributed by atoms with Crippen molar-refractivity contribution in [3.05, 3.63) is 59.2 Å². The molecule has 7 heteroatoms. The van der Waals surface area contributed by atoms with Crippen LogP contribution in [0.3, 0.4) is 0 Å². The van der Waals surface area contributed by atoms with Gasteiger partial charge in [-0.25, -0.2) is 18.6 Å². The average Bonchev–Trinajstić information content (AvgIpc) is 3.06. The maximum atomic E-state index is 13.8. The molecule has 0 amide bonds. The van der Waals surface area contributed by atoms with E-state index in [9.17, 15) is 13.6 Å². The van der Waals surface area contributed by atoms with E-state index in [1.54, 1.807) is 18.2 Å². The number of hydrogen-bond donors (Lipinski definition) is 0. The van der Waals surface area contributed by atoms with E-state index < -0.39 is 28.9 Å². The van der Waals surface area contributed by atoms with E-state index in [0.29, 0.717) is 17.1 Å². The summed E-state index contributed by atoms with van der Waals surface area (Å²) in [6.07, 6.45) is -0.152. The van der Waals surface area contributed by atoms with Crippen LogP contribution in [-0.4, -0.2) is 26.3 Å². The van der Waals surface area contributed by atoms with Crippen LogP contribution in [0.1, 0.15) is 28.3 Å². The number of halogens is 2. The lowest BCUT2D eigenvalue weighted by molar-refractivity contribution is -0.275. The molecule has 0 radical (unpaired) electrons. The number of ketones is 1. The number of carbonyl (C=O) groups excluding carboxylic acids is 1. The van der Waals surface area contributed by atoms with Crippen LogP contribution in [0.5, 0.6) is 11.5 Å². The molecule has 1 aliphatic heterocycles. The highest BCUT2D eigenvalue weighted by molar-refractivity contribution is 5.97. The van der Waals surface area contributed by atoms with Gasteiger partial charge in [0.25, 0.3) is 0 Å². The first-order chi connectivity index (χ1) is 12.1. The Morgan fingerprint density at radius 2 is 1.88 bits per heavy atom. The predicted octanol–water partition coefficient (Wildman–Crippen LogP) is 3.63. The zero-order valence-corrected chi connectivity index (χ0v) is 13.5. The Bertz CT molecular complexity index is 758. The maximum absolute atomic E-state index is 13.8. The van der Waals surface area contributed by atoms with Gasteiger partial charge in [-0.15, -0.1) is 0 Å². The Morgan fingerprint density at radius 3 is 2.60 bits per heavy atom. The first-order valence-electron chi connectivity index (χ1n) is 7.62. The molecule has 5 nitrogen and oxygen atoms in total. The van der Waals surface area contributed by atoms with Crippen molar-refractivity contribution < 1.29 is 32.8 Å². The van der Waals surface area contributed by atoms with Gasteiger partial charge in [-0.2, -0.15) is 0 Å². The van der Waals surface area contributed by atoms with E-state index >= 15 is 0 Å². The molecular formula is C18H16F2O5. The fourth-order valence-corrected chi connectivity index (χ4v) is 2.68. The summed E-state index contributed by atoms with van der Waals surface area (Å²) in [7, 11) is 1.34. The first kappa shape index (κ1) is 17.3. The second-order valence-electron chi connectivity index (χ2n) is 5.48. The highest BCUT2D eigenvalue weighted by Crippen LogP contribution is 2.36. The van der Waals surface area contributed by atoms with Crippen molar-refractivity contribution in [3.63, 3.8) is 0 Å². The van der Waals surface area contributed by atoms with E-state index in [0.717, 1.165) is 12.1 Å². The molecule has 0 spiro atoms. The number of carbonyl (C=O) groups is 1. The lowest BCUT2D eigenvalue weighted by Crippen LogP contribution is -2.15. The fraction of sp³-hybridized carbons (Fsp3) is 0.278. The summed E-state index contributed by atoms with van der Waals surface area (Å²) < 4.78 is 38.2. The van der Waals surface area contributed by atoms with Crippen molar-refractivity contribution in [2.45, 2.75) is 12.3 Å². The summed E-state index contributed by atoms with van der Waals surface area (Å²) in [4.78, 5) is 22.0. The second kappa shape index (κ2) is 7.58. The molecule has 1 aliphatic rings. The van der Waals surface area contributed by atoms with Crippen molar-refractivity contribution in [3.8, 4) is 11.5 Å². The van der Waals surface area contributed by atoms with Gasteiger partial charge in [0, 0.05) is 12.3 Å². The van der Waals surface area contributed by atoms with Gasteiger partial charge < -0.3 is 9.47 Å². The Morgan fingerprint density at radius 1 is 1.16 bits per heavy atom. The van der Waals surface area contributed by atoms with Gasteiger partial charge in [-0.3, -0.25) is 4.79 Å². The smallest absolute Gasteiger partial charge is 0.231 e. The Hall–Kier alpha value is -2.51. The predicted molar refractivity (Wildman–Crippen MR) is 83.6 cm³/mol. The number of fused-ring (bicyclic) bond motifs is 1. The van der Waals surface area contributed by atoms with Gasteiger partial charge in [-0.05, 0) is 29.8 Å². The van der Waals surface area contributed by atoms with E-state index in [-0.39, 0.29) is 19.8 Å². The monoisotopic (exact) mass is 350 g/mol. The third-order valence-electron chi connectivity index (χ3n) is 3.93. The maximum Gasteiger partial charge on any atom is 0.231 e. The van der Waals surface area contributed by atoms with Gasteiger partial charge in [0.05, 0.1) is 19.3 Å². The van der Waals surface area contributed by atoms with Crippen LogP contribution in [-0.2, 0) is 9.78 Å². The topological polar surface area (TPSA) is 54.0 Å². The quantitative estimate of drug-likeness (QED) is 0.434. The van der Waals surface area contributed by atoms with Crippen molar-refractivity contribution in [1.29, 1.82) is 0 Å². The van der Waals surface area contributed by atoms with Gasteiger partial charge in [0.1, 0.15) is 11.6 Å². The molecule has 132 valence electrons. The van der Waals surface area contributed by atoms with E-state index in [4.69, 9.17) is 14.4 Å². The molecular weight excluding hydrogens is 334 g/mol. The van der Waals surface area contributed by atoms with Crippen molar-refractivity contribution in [1.82, 2.24) is 0 Å². The van der Waals surface area contributed by atoms with Crippen LogP contribution < -0.4 is 9.47 Å². The normalized spacial score (nSPS) is 13.7. The lowest BCUT2D eigenvalue weighted by atomic mass is 9.91. The van der Waals surface area contributed by atoms with E-state index in [1.165, 1.54) is 13.2 Å². The van der Waals surface area contributed by atoms with Crippen LogP contribution in [0.25, 0.3) is 0 Å². The zero-order valence-electron chi connectivity index (χ0n) is 13.5. The standard InChI is InChI=1S/C18H16F2O5/c1-22-25-9-12(11-5-6-16-17(8-11)24-10-23-16)7-15(21)18-13(19)3-2-4-14(18)20/h2-6,8,12H,7,9-10H2,1H3. The zero-order chi connectivity index (χ0) is 17.8. The first-order valence-corrected chi connectivity index (χ1v) is 7.62. The van der Waals surface area contributed by atoms with Crippen LogP contribution in [0.2, 0.25) is 0 Å². The Balaban J connectivity index is 1.85. The Kier molecular flexibility index (Phi) is 5.25. The number of Topliss-reactive ketones (excluding diaryl/α,β-unsaturated/α-hetero) is 1. The average molecular weight is 350 g/mol. The molecule has 0 saturated carbocycles. The molecule has 0 fully saturated rings. The SMILES string of the molecule is COOCC(CC(=O)c1c(F)cccc1F)c1ccc2c(c1)OCO2. The number of ether oxygens (including phenoxy) is 2. The molecule has 2 aromatic rings. The third-order valence-corrected chi connectivity index (χ3v) is 3.93. The van der Waals surface area contributed by atoms with Crippen molar-refractivity contribution in [2.75, 3.05) is 20.5 Å². The molecule has 0 N–H and O–H groups in total. The number of benzene rings is 2. The van der Waals surface area contributed by atoms with Crippen molar-refractivity contribution >= 4 is 5.78 Å². The van der Waals surface area contributed by atoms with Gasteiger partial charge in [0.15, 0.2) is 17.3 Å². The number of rotatable bonds is 7. The summed E-state index contributed by atoms with van der Waals surface area (Å²) in [6.45, 7) is 0.162. The largest absolute Gasteiger partial charge is 0.454 e. The van der Waals surface area contributed by atoms with E-state index in [1.807, 2.05) is 0 Å². The molecule has 1 heterocycles. The van der Waals surface area contributed by atoms with Gasteiger partial charge in [0.2, 0.25) is 6.79 Å². The molecule has 1 unspecified atom stereocenters. The van der Waals surface area contributed by atoms with Crippen LogP contribution in [0.4, 0.5) is 8.78 Å². The van der Waals surface area contributed by atoms with E-state index in [2.05, 4.69) is 4.89 Å². The van der Waals surface area contributed by atoms with Crippen LogP contribution in [0.15, 0.2) is 36.4 Å². The molecule has 0 bridgehead atoms. The summed E-state index contributed by atoms with van der Waals surface area (Å²) in [5, 5.41) is 0. The minimum absolute atomic E-state index is 0.0396. The fourth-order valence-electron chi connectivity index (χ4n) is 2.68. The highest BCUT2D eigenvalue weighted by atomic mass is 19.1. The minimum Gasteiger partial charge on any atom is -0.454 e. The molecule has 1 atom stereocenters. The summed E-state index contributed by atoms with van der Waals surface area (Å²) in [6, 6.07) is 8.50. The highest BCUT2D eigenvalue weighted by Gasteiger charge is 2.24. The molecule has 2 aromatic carbocycles. The van der Waals surface area contributed by atoms with Gasteiger partial charge >= 0.3 is 0 Å². The summed E-state index contributed by atoms with van der Waals surface area (Å²) in [5.74, 6) is -1.76. The summed E-state index contributed by atoms with van der Waals surface area (Å²) >= 11 is 0. The molecule has 0 saturated heterocycles. The van der Waals surface area contributed by atoms with Crippen molar-refractivity contribution in [2.24, 2.45) is 0 Å². The van der Waals surface area contributed by atoms with Crippen LogP contribution in [0, 0.1) is 11.6 Å². The van der Waals surface area contributed by atoms with Crippen LogP contribution >= 0.6 is 0 Å². The van der Waals surface area contributed by atoms with Gasteiger partial charge in [-0.1, -0.05) is 12.1 Å². The molecule has 0 aliphatic carbocycles. The molecule has 25 heavy (non-hydrogen) atoms. The Labute approximate surface area is 143 Å². The minimum atomic E-state index is -0.887. The molecule has 0 aromatic heterocycles. The number of hydrogen-bond acceptors (Lipinski definition) is 5. The third kappa shape index (κ3) is 3.78. The second-order valence-corrected chi connectivity index (χ2v) is 5.48.